The van der Waals surface area contributed by atoms with E-state index >= 15 is 0 Å². The summed E-state index contributed by atoms with van der Waals surface area (Å²) in [5, 5.41) is 92.1. The molecule has 16 heteroatoms. The summed E-state index contributed by atoms with van der Waals surface area (Å²) in [4.78, 5) is 13.7. The van der Waals surface area contributed by atoms with Crippen molar-refractivity contribution in [2.24, 2.45) is 0 Å². The van der Waals surface area contributed by atoms with Crippen LogP contribution in [-0.4, -0.2) is 121 Å². The second kappa shape index (κ2) is 12.4. The molecule has 0 amide bonds. The molecule has 240 valence electrons. The van der Waals surface area contributed by atoms with Crippen LogP contribution in [0.25, 0.3) is 22.3 Å². The molecule has 44 heavy (non-hydrogen) atoms. The molecule has 2 aromatic carbocycles. The number of phenols is 3. The lowest BCUT2D eigenvalue weighted by Gasteiger charge is -2.42. The maximum absolute atomic E-state index is 13.7. The summed E-state index contributed by atoms with van der Waals surface area (Å²) in [5.41, 5.74) is -1.11. The summed E-state index contributed by atoms with van der Waals surface area (Å²) >= 11 is 0. The number of rotatable bonds is 7. The minimum atomic E-state index is -1.94. The molecule has 0 unspecified atom stereocenters. The number of fused-ring (bicyclic) bond motifs is 1. The molecular formula is C28H32O16. The minimum absolute atomic E-state index is 0.0151. The summed E-state index contributed by atoms with van der Waals surface area (Å²) in [5.74, 6) is -2.28. The van der Waals surface area contributed by atoms with Crippen molar-refractivity contribution in [3.8, 4) is 40.1 Å². The normalized spacial score (nSPS) is 32.5. The number of hydrogen-bond acceptors (Lipinski definition) is 16. The van der Waals surface area contributed by atoms with Crippen LogP contribution in [0, 0.1) is 0 Å². The minimum Gasteiger partial charge on any atom is -0.508 e. The first-order valence-corrected chi connectivity index (χ1v) is 13.4. The van der Waals surface area contributed by atoms with E-state index in [1.54, 1.807) is 0 Å². The van der Waals surface area contributed by atoms with Crippen LogP contribution >= 0.6 is 0 Å². The molecule has 0 saturated carbocycles. The third-order valence-corrected chi connectivity index (χ3v) is 7.50. The van der Waals surface area contributed by atoms with Gasteiger partial charge >= 0.3 is 0 Å². The summed E-state index contributed by atoms with van der Waals surface area (Å²) in [6, 6.07) is 5.83. The molecule has 2 saturated heterocycles. The Labute approximate surface area is 248 Å². The van der Waals surface area contributed by atoms with Crippen molar-refractivity contribution in [1.82, 2.24) is 0 Å². The highest BCUT2D eigenvalue weighted by Crippen LogP contribution is 2.39. The van der Waals surface area contributed by atoms with Gasteiger partial charge in [0.15, 0.2) is 23.5 Å². The van der Waals surface area contributed by atoms with E-state index in [2.05, 4.69) is 0 Å². The molecule has 10 atom stereocenters. The van der Waals surface area contributed by atoms with Crippen LogP contribution in [0.4, 0.5) is 0 Å². The number of methoxy groups -OCH3 is 1. The Morgan fingerprint density at radius 1 is 0.795 bits per heavy atom. The lowest BCUT2D eigenvalue weighted by molar-refractivity contribution is -0.318. The van der Waals surface area contributed by atoms with Crippen molar-refractivity contribution >= 4 is 11.0 Å². The van der Waals surface area contributed by atoms with Crippen LogP contribution in [0.2, 0.25) is 0 Å². The SMILES string of the molecule is COc1cc(-c2oc3cc(O)cc(O)c3c(=O)c2O[C@H]2O[C@@H](CO[C@@H]3O[C@H](C)[C@@H](O)[C@H](O)[C@@H]3O)[C@H](O)[C@@H](O)[C@@H]2O)ccc1O. The van der Waals surface area contributed by atoms with Crippen LogP contribution in [-0.2, 0) is 14.2 Å². The van der Waals surface area contributed by atoms with Gasteiger partial charge in [0, 0.05) is 17.7 Å². The molecule has 3 heterocycles. The second-order valence-electron chi connectivity index (χ2n) is 10.5. The average Bonchev–Trinajstić information content (AvgIpc) is 2.98. The standard InChI is InChI=1S/C28H32O16/c1-9-18(32)21(35)23(37)27(41-9)40-8-16-19(33)22(36)24(38)28(43-16)44-26-20(34)17-13(31)6-11(29)7-15(17)42-25(26)10-3-4-12(30)14(5-10)39-2/h3-7,9,16,18-19,21-24,27-33,35-38H,8H2,1-2H3/t9-,16+,18-,19+,21+,22-,23+,24+,27-,28-/m1/s1. The topological polar surface area (TPSA) is 258 Å². The second-order valence-corrected chi connectivity index (χ2v) is 10.5. The number of aromatic hydroxyl groups is 3. The van der Waals surface area contributed by atoms with Crippen LogP contribution in [0.5, 0.6) is 28.7 Å². The van der Waals surface area contributed by atoms with E-state index in [0.29, 0.717) is 0 Å². The Balaban J connectivity index is 1.49. The third-order valence-electron chi connectivity index (χ3n) is 7.50. The molecule has 2 aliphatic heterocycles. The maximum Gasteiger partial charge on any atom is 0.239 e. The summed E-state index contributed by atoms with van der Waals surface area (Å²) in [6.45, 7) is 0.845. The van der Waals surface area contributed by atoms with Gasteiger partial charge in [-0.25, -0.2) is 0 Å². The smallest absolute Gasteiger partial charge is 0.239 e. The molecule has 2 fully saturated rings. The molecule has 0 aliphatic carbocycles. The predicted molar refractivity (Wildman–Crippen MR) is 145 cm³/mol. The quantitative estimate of drug-likeness (QED) is 0.147. The van der Waals surface area contributed by atoms with Crippen LogP contribution in [0.1, 0.15) is 6.92 Å². The van der Waals surface area contributed by atoms with E-state index in [4.69, 9.17) is 28.1 Å². The van der Waals surface area contributed by atoms with Crippen LogP contribution in [0.3, 0.4) is 0 Å². The highest BCUT2D eigenvalue weighted by molar-refractivity contribution is 5.88. The monoisotopic (exact) mass is 624 g/mol. The van der Waals surface area contributed by atoms with Gasteiger partial charge in [-0.15, -0.1) is 0 Å². The number of hydrogen-bond donors (Lipinski definition) is 9. The first kappa shape index (κ1) is 31.7. The Morgan fingerprint density at radius 3 is 2.18 bits per heavy atom. The molecule has 0 spiro atoms. The van der Waals surface area contributed by atoms with E-state index in [1.165, 1.54) is 32.2 Å². The van der Waals surface area contributed by atoms with E-state index in [-0.39, 0.29) is 28.4 Å². The Bertz CT molecular complexity index is 1560. The summed E-state index contributed by atoms with van der Waals surface area (Å²) in [6.07, 6.45) is -16.0. The van der Waals surface area contributed by atoms with Crippen LogP contribution in [0.15, 0.2) is 39.5 Å². The van der Waals surface area contributed by atoms with Gasteiger partial charge in [-0.05, 0) is 25.1 Å². The maximum atomic E-state index is 13.7. The first-order valence-electron chi connectivity index (χ1n) is 13.4. The van der Waals surface area contributed by atoms with Crippen molar-refractivity contribution in [3.63, 3.8) is 0 Å². The average molecular weight is 625 g/mol. The zero-order valence-corrected chi connectivity index (χ0v) is 23.3. The van der Waals surface area contributed by atoms with Gasteiger partial charge in [0.05, 0.1) is 19.8 Å². The molecular weight excluding hydrogens is 592 g/mol. The van der Waals surface area contributed by atoms with Crippen molar-refractivity contribution in [3.05, 3.63) is 40.6 Å². The van der Waals surface area contributed by atoms with Gasteiger partial charge in [-0.2, -0.15) is 0 Å². The van der Waals surface area contributed by atoms with E-state index < -0.39 is 96.1 Å². The molecule has 9 N–H and O–H groups in total. The fraction of sp³-hybridized carbons (Fsp3) is 0.464. The van der Waals surface area contributed by atoms with Crippen molar-refractivity contribution in [2.75, 3.05) is 13.7 Å². The number of aliphatic hydroxyl groups is 6. The van der Waals surface area contributed by atoms with Gasteiger partial charge in [0.1, 0.15) is 65.2 Å². The molecule has 16 nitrogen and oxygen atoms in total. The molecule has 5 rings (SSSR count). The lowest BCUT2D eigenvalue weighted by Crippen LogP contribution is -2.61. The number of ether oxygens (including phenoxy) is 5. The Kier molecular flexibility index (Phi) is 8.90. The van der Waals surface area contributed by atoms with E-state index in [9.17, 15) is 50.8 Å². The van der Waals surface area contributed by atoms with Gasteiger partial charge in [-0.1, -0.05) is 0 Å². The van der Waals surface area contributed by atoms with Crippen molar-refractivity contribution in [1.29, 1.82) is 0 Å². The number of aliphatic hydroxyl groups excluding tert-OH is 6. The predicted octanol–water partition coefficient (Wildman–Crippen LogP) is -1.38. The molecule has 2 aliphatic rings. The van der Waals surface area contributed by atoms with Gasteiger partial charge < -0.3 is 74.1 Å². The Hall–Kier alpha value is -3.71. The number of phenolic OH excluding ortho intramolecular Hbond substituents is 3. The zero-order valence-electron chi connectivity index (χ0n) is 23.3. The highest BCUT2D eigenvalue weighted by Gasteiger charge is 2.47. The Morgan fingerprint density at radius 2 is 1.48 bits per heavy atom. The lowest BCUT2D eigenvalue weighted by atomic mass is 9.98. The molecule has 0 radical (unpaired) electrons. The molecule has 1 aromatic heterocycles. The third kappa shape index (κ3) is 5.74. The van der Waals surface area contributed by atoms with Crippen molar-refractivity contribution in [2.45, 2.75) is 68.3 Å². The summed E-state index contributed by atoms with van der Waals surface area (Å²) in [7, 11) is 1.28. The zero-order chi connectivity index (χ0) is 32.0. The first-order chi connectivity index (χ1) is 20.8. The van der Waals surface area contributed by atoms with Gasteiger partial charge in [-0.3, -0.25) is 4.79 Å². The van der Waals surface area contributed by atoms with E-state index in [1.807, 2.05) is 0 Å². The highest BCUT2D eigenvalue weighted by atomic mass is 16.7. The fourth-order valence-corrected chi connectivity index (χ4v) is 4.99. The van der Waals surface area contributed by atoms with E-state index in [0.717, 1.165) is 12.1 Å². The number of benzene rings is 2. The fourth-order valence-electron chi connectivity index (χ4n) is 4.99. The van der Waals surface area contributed by atoms with Crippen LogP contribution < -0.4 is 14.9 Å². The molecule has 0 bridgehead atoms. The summed E-state index contributed by atoms with van der Waals surface area (Å²) < 4.78 is 33.2. The largest absolute Gasteiger partial charge is 0.508 e. The van der Waals surface area contributed by atoms with Gasteiger partial charge in [0.2, 0.25) is 17.5 Å². The van der Waals surface area contributed by atoms with Gasteiger partial charge in [0.25, 0.3) is 0 Å². The van der Waals surface area contributed by atoms with Crippen molar-refractivity contribution < 1.29 is 74.1 Å². The molecule has 3 aromatic rings.